The van der Waals surface area contributed by atoms with Crippen LogP contribution in [0, 0.1) is 0 Å². The van der Waals surface area contributed by atoms with Crippen LogP contribution >= 0.6 is 15.9 Å². The van der Waals surface area contributed by atoms with Gasteiger partial charge >= 0.3 is 0 Å². The lowest BCUT2D eigenvalue weighted by Crippen LogP contribution is -2.46. The Labute approximate surface area is 134 Å². The lowest BCUT2D eigenvalue weighted by Gasteiger charge is -2.32. The number of fused-ring (bicyclic) bond motifs is 1. The molecule has 0 spiro atoms. The SMILES string of the molecule is Nc1cc(Br)ccc1S(=O)(=O)NC1CCN2CCCCC12. The van der Waals surface area contributed by atoms with Gasteiger partial charge in [-0.05, 0) is 44.0 Å². The largest absolute Gasteiger partial charge is 0.398 e. The van der Waals surface area contributed by atoms with E-state index in [4.69, 9.17) is 5.73 Å². The van der Waals surface area contributed by atoms with Crippen LogP contribution in [0.3, 0.4) is 0 Å². The van der Waals surface area contributed by atoms with Crippen LogP contribution in [0.25, 0.3) is 0 Å². The van der Waals surface area contributed by atoms with E-state index in [0.717, 1.165) is 30.4 Å². The molecule has 21 heavy (non-hydrogen) atoms. The molecule has 116 valence electrons. The first-order valence-electron chi connectivity index (χ1n) is 7.29. The summed E-state index contributed by atoms with van der Waals surface area (Å²) in [6.45, 7) is 2.07. The average molecular weight is 374 g/mol. The van der Waals surface area contributed by atoms with Crippen molar-refractivity contribution in [1.82, 2.24) is 9.62 Å². The monoisotopic (exact) mass is 373 g/mol. The number of sulfonamides is 1. The first-order chi connectivity index (χ1) is 9.97. The van der Waals surface area contributed by atoms with Crippen LogP contribution in [0.15, 0.2) is 27.6 Å². The van der Waals surface area contributed by atoms with E-state index in [-0.39, 0.29) is 16.6 Å². The maximum Gasteiger partial charge on any atom is 0.242 e. The van der Waals surface area contributed by atoms with Gasteiger partial charge in [0.2, 0.25) is 10.0 Å². The molecule has 3 rings (SSSR count). The zero-order valence-corrected chi connectivity index (χ0v) is 14.2. The Bertz CT molecular complexity index is 635. The molecule has 0 aliphatic carbocycles. The molecule has 5 nitrogen and oxygen atoms in total. The van der Waals surface area contributed by atoms with Gasteiger partial charge < -0.3 is 5.73 Å². The minimum Gasteiger partial charge on any atom is -0.398 e. The van der Waals surface area contributed by atoms with Gasteiger partial charge in [0, 0.05) is 23.1 Å². The summed E-state index contributed by atoms with van der Waals surface area (Å²) in [6.07, 6.45) is 4.35. The summed E-state index contributed by atoms with van der Waals surface area (Å²) < 4.78 is 28.8. The average Bonchev–Trinajstić information content (AvgIpc) is 2.81. The summed E-state index contributed by atoms with van der Waals surface area (Å²) >= 11 is 3.29. The van der Waals surface area contributed by atoms with Gasteiger partial charge in [-0.1, -0.05) is 22.4 Å². The van der Waals surface area contributed by atoms with Crippen molar-refractivity contribution in [3.8, 4) is 0 Å². The van der Waals surface area contributed by atoms with Crippen LogP contribution in [-0.2, 0) is 10.0 Å². The van der Waals surface area contributed by atoms with Crippen molar-refractivity contribution in [1.29, 1.82) is 0 Å². The van der Waals surface area contributed by atoms with Crippen molar-refractivity contribution in [3.05, 3.63) is 22.7 Å². The molecule has 3 N–H and O–H groups in total. The van der Waals surface area contributed by atoms with Crippen molar-refractivity contribution in [2.75, 3.05) is 18.8 Å². The molecule has 2 aliphatic heterocycles. The number of nitrogens with one attached hydrogen (secondary N) is 1. The van der Waals surface area contributed by atoms with E-state index in [2.05, 4.69) is 25.6 Å². The third-order valence-corrected chi connectivity index (χ3v) is 6.48. The van der Waals surface area contributed by atoms with Gasteiger partial charge in [-0.15, -0.1) is 0 Å². The number of rotatable bonds is 3. The summed E-state index contributed by atoms with van der Waals surface area (Å²) in [5.41, 5.74) is 6.13. The molecule has 2 heterocycles. The number of nitrogens with two attached hydrogens (primary N) is 1. The van der Waals surface area contributed by atoms with E-state index >= 15 is 0 Å². The maximum atomic E-state index is 12.6. The minimum atomic E-state index is -3.56. The molecule has 0 radical (unpaired) electrons. The Morgan fingerprint density at radius 2 is 2.05 bits per heavy atom. The predicted molar refractivity (Wildman–Crippen MR) is 86.5 cm³/mol. The van der Waals surface area contributed by atoms with Crippen molar-refractivity contribution in [3.63, 3.8) is 0 Å². The molecule has 2 unspecified atom stereocenters. The highest BCUT2D eigenvalue weighted by Gasteiger charge is 2.38. The Balaban J connectivity index is 1.80. The Kier molecular flexibility index (Phi) is 4.27. The second-order valence-electron chi connectivity index (χ2n) is 5.80. The van der Waals surface area contributed by atoms with Gasteiger partial charge in [0.05, 0.1) is 5.69 Å². The van der Waals surface area contributed by atoms with Gasteiger partial charge in [0.1, 0.15) is 4.90 Å². The molecule has 1 aromatic carbocycles. The molecule has 2 fully saturated rings. The summed E-state index contributed by atoms with van der Waals surface area (Å²) in [7, 11) is -3.56. The topological polar surface area (TPSA) is 75.4 Å². The van der Waals surface area contributed by atoms with Crippen LogP contribution in [0.4, 0.5) is 5.69 Å². The fourth-order valence-electron chi connectivity index (χ4n) is 3.41. The molecule has 2 atom stereocenters. The summed E-state index contributed by atoms with van der Waals surface area (Å²) in [4.78, 5) is 2.57. The van der Waals surface area contributed by atoms with Gasteiger partial charge in [-0.25, -0.2) is 13.1 Å². The zero-order chi connectivity index (χ0) is 15.0. The zero-order valence-electron chi connectivity index (χ0n) is 11.8. The van der Waals surface area contributed by atoms with Gasteiger partial charge in [-0.2, -0.15) is 0 Å². The standard InChI is InChI=1S/C14H20BrN3O2S/c15-10-4-5-14(11(16)9-10)21(19,20)17-12-6-8-18-7-2-1-3-13(12)18/h4-5,9,12-13,17H,1-3,6-8,16H2. The highest BCUT2D eigenvalue weighted by molar-refractivity contribution is 9.10. The van der Waals surface area contributed by atoms with Crippen molar-refractivity contribution >= 4 is 31.6 Å². The highest BCUT2D eigenvalue weighted by Crippen LogP contribution is 2.29. The lowest BCUT2D eigenvalue weighted by atomic mass is 10.00. The smallest absolute Gasteiger partial charge is 0.242 e. The number of halogens is 1. The van der Waals surface area contributed by atoms with E-state index < -0.39 is 10.0 Å². The molecule has 0 amide bonds. The summed E-state index contributed by atoms with van der Waals surface area (Å²) in [5.74, 6) is 0. The summed E-state index contributed by atoms with van der Waals surface area (Å²) in [6, 6.07) is 5.21. The quantitative estimate of drug-likeness (QED) is 0.793. The fourth-order valence-corrected chi connectivity index (χ4v) is 5.21. The number of nitrogen functional groups attached to an aromatic ring is 1. The minimum absolute atomic E-state index is 0.00153. The first kappa shape index (κ1) is 15.3. The van der Waals surface area contributed by atoms with Crippen LogP contribution in [-0.4, -0.2) is 38.5 Å². The second kappa shape index (κ2) is 5.87. The van der Waals surface area contributed by atoms with E-state index in [1.54, 1.807) is 18.2 Å². The summed E-state index contributed by atoms with van der Waals surface area (Å²) in [5, 5.41) is 0. The molecule has 0 aromatic heterocycles. The fraction of sp³-hybridized carbons (Fsp3) is 0.571. The third kappa shape index (κ3) is 3.11. The molecule has 0 saturated carbocycles. The molecule has 2 saturated heterocycles. The van der Waals surface area contributed by atoms with E-state index in [1.807, 2.05) is 0 Å². The van der Waals surface area contributed by atoms with Crippen molar-refractivity contribution < 1.29 is 8.42 Å². The Morgan fingerprint density at radius 1 is 1.24 bits per heavy atom. The number of benzene rings is 1. The number of hydrogen-bond acceptors (Lipinski definition) is 4. The maximum absolute atomic E-state index is 12.6. The molecule has 1 aromatic rings. The number of nitrogens with zero attached hydrogens (tertiary/aromatic N) is 1. The number of anilines is 1. The Morgan fingerprint density at radius 3 is 2.81 bits per heavy atom. The van der Waals surface area contributed by atoms with Crippen LogP contribution in [0.5, 0.6) is 0 Å². The van der Waals surface area contributed by atoms with Crippen LogP contribution < -0.4 is 10.5 Å². The molecule has 7 heteroatoms. The van der Waals surface area contributed by atoms with E-state index in [1.165, 1.54) is 12.8 Å². The normalized spacial score (nSPS) is 26.7. The van der Waals surface area contributed by atoms with Gasteiger partial charge in [0.15, 0.2) is 0 Å². The van der Waals surface area contributed by atoms with Crippen molar-refractivity contribution in [2.24, 2.45) is 0 Å². The molecular weight excluding hydrogens is 354 g/mol. The first-order valence-corrected chi connectivity index (χ1v) is 9.56. The van der Waals surface area contributed by atoms with E-state index in [9.17, 15) is 8.42 Å². The molecule has 2 aliphatic rings. The van der Waals surface area contributed by atoms with Crippen molar-refractivity contribution in [2.45, 2.75) is 42.7 Å². The highest BCUT2D eigenvalue weighted by atomic mass is 79.9. The molecular formula is C14H20BrN3O2S. The van der Waals surface area contributed by atoms with Crippen LogP contribution in [0.1, 0.15) is 25.7 Å². The lowest BCUT2D eigenvalue weighted by molar-refractivity contribution is 0.186. The molecule has 0 bridgehead atoms. The number of piperidine rings is 1. The van der Waals surface area contributed by atoms with Crippen LogP contribution in [0.2, 0.25) is 0 Å². The van der Waals surface area contributed by atoms with Gasteiger partial charge in [0.25, 0.3) is 0 Å². The third-order valence-electron chi connectivity index (χ3n) is 4.42. The van der Waals surface area contributed by atoms with E-state index in [0.29, 0.717) is 6.04 Å². The van der Waals surface area contributed by atoms with Gasteiger partial charge in [-0.3, -0.25) is 4.90 Å². The predicted octanol–water partition coefficient (Wildman–Crippen LogP) is 1.94. The number of hydrogen-bond donors (Lipinski definition) is 2. The Hall–Kier alpha value is -0.630. The second-order valence-corrected chi connectivity index (χ2v) is 8.40.